The highest BCUT2D eigenvalue weighted by Gasteiger charge is 2.12. The molecule has 2 N–H and O–H groups in total. The van der Waals surface area contributed by atoms with E-state index in [0.717, 1.165) is 26.2 Å². The van der Waals surface area contributed by atoms with Crippen molar-refractivity contribution in [2.45, 2.75) is 13.8 Å². The fourth-order valence-corrected chi connectivity index (χ4v) is 1.33. The SMILES string of the molecule is CCNCCN(C)CC(C)C(=O)NC. The maximum absolute atomic E-state index is 11.2. The molecule has 0 heterocycles. The van der Waals surface area contributed by atoms with Gasteiger partial charge in [0.25, 0.3) is 0 Å². The summed E-state index contributed by atoms with van der Waals surface area (Å²) in [6.45, 7) is 7.81. The summed E-state index contributed by atoms with van der Waals surface area (Å²) < 4.78 is 0. The van der Waals surface area contributed by atoms with Gasteiger partial charge < -0.3 is 15.5 Å². The van der Waals surface area contributed by atoms with E-state index in [1.807, 2.05) is 14.0 Å². The normalized spacial score (nSPS) is 12.9. The van der Waals surface area contributed by atoms with Crippen LogP contribution in [-0.2, 0) is 4.79 Å². The van der Waals surface area contributed by atoms with Crippen molar-refractivity contribution < 1.29 is 4.79 Å². The van der Waals surface area contributed by atoms with Crippen molar-refractivity contribution in [1.82, 2.24) is 15.5 Å². The zero-order chi connectivity index (χ0) is 11.0. The van der Waals surface area contributed by atoms with E-state index < -0.39 is 0 Å². The molecule has 0 radical (unpaired) electrons. The third kappa shape index (κ3) is 5.94. The molecule has 0 saturated carbocycles. The first kappa shape index (κ1) is 13.4. The Kier molecular flexibility index (Phi) is 7.42. The van der Waals surface area contributed by atoms with E-state index in [2.05, 4.69) is 22.5 Å². The quantitative estimate of drug-likeness (QED) is 0.566. The van der Waals surface area contributed by atoms with Gasteiger partial charge in [0.2, 0.25) is 5.91 Å². The number of hydrogen-bond donors (Lipinski definition) is 2. The number of amides is 1. The molecular formula is C10H23N3O. The minimum absolute atomic E-state index is 0.0617. The van der Waals surface area contributed by atoms with Crippen molar-refractivity contribution in [1.29, 1.82) is 0 Å². The van der Waals surface area contributed by atoms with Crippen LogP contribution in [0.3, 0.4) is 0 Å². The van der Waals surface area contributed by atoms with E-state index in [9.17, 15) is 4.79 Å². The lowest BCUT2D eigenvalue weighted by Gasteiger charge is -2.20. The third-order valence-corrected chi connectivity index (χ3v) is 2.20. The van der Waals surface area contributed by atoms with E-state index in [-0.39, 0.29) is 11.8 Å². The first-order chi connectivity index (χ1) is 6.61. The Morgan fingerprint density at radius 1 is 1.50 bits per heavy atom. The Morgan fingerprint density at radius 3 is 2.64 bits per heavy atom. The number of nitrogens with one attached hydrogen (secondary N) is 2. The fraction of sp³-hybridized carbons (Fsp3) is 0.900. The molecule has 0 aromatic heterocycles. The summed E-state index contributed by atoms with van der Waals surface area (Å²) in [6, 6.07) is 0. The molecular weight excluding hydrogens is 178 g/mol. The van der Waals surface area contributed by atoms with E-state index in [4.69, 9.17) is 0 Å². The van der Waals surface area contributed by atoms with Crippen LogP contribution in [0, 0.1) is 5.92 Å². The lowest BCUT2D eigenvalue weighted by Crippen LogP contribution is -2.37. The van der Waals surface area contributed by atoms with Gasteiger partial charge in [0.15, 0.2) is 0 Å². The minimum atomic E-state index is 0.0617. The van der Waals surface area contributed by atoms with Gasteiger partial charge in [0.1, 0.15) is 0 Å². The van der Waals surface area contributed by atoms with Crippen LogP contribution in [0.4, 0.5) is 0 Å². The number of nitrogens with zero attached hydrogens (tertiary/aromatic N) is 1. The van der Waals surface area contributed by atoms with Crippen LogP contribution in [0.15, 0.2) is 0 Å². The summed E-state index contributed by atoms with van der Waals surface area (Å²) in [5.74, 6) is 0.173. The molecule has 0 aliphatic heterocycles. The monoisotopic (exact) mass is 201 g/mol. The van der Waals surface area contributed by atoms with Gasteiger partial charge in [-0.1, -0.05) is 13.8 Å². The van der Waals surface area contributed by atoms with Gasteiger partial charge in [-0.05, 0) is 13.6 Å². The first-order valence-corrected chi connectivity index (χ1v) is 5.22. The van der Waals surface area contributed by atoms with E-state index in [1.54, 1.807) is 7.05 Å². The number of carbonyl (C=O) groups excluding carboxylic acids is 1. The molecule has 0 fully saturated rings. The van der Waals surface area contributed by atoms with Crippen LogP contribution in [0.2, 0.25) is 0 Å². The van der Waals surface area contributed by atoms with Crippen molar-refractivity contribution in [3.8, 4) is 0 Å². The molecule has 1 atom stereocenters. The highest BCUT2D eigenvalue weighted by Crippen LogP contribution is 1.97. The van der Waals surface area contributed by atoms with Crippen LogP contribution < -0.4 is 10.6 Å². The zero-order valence-electron chi connectivity index (χ0n) is 9.76. The molecule has 4 nitrogen and oxygen atoms in total. The lowest BCUT2D eigenvalue weighted by atomic mass is 10.1. The number of hydrogen-bond acceptors (Lipinski definition) is 3. The number of rotatable bonds is 7. The maximum Gasteiger partial charge on any atom is 0.223 e. The average molecular weight is 201 g/mol. The van der Waals surface area contributed by atoms with Crippen molar-refractivity contribution in [2.24, 2.45) is 5.92 Å². The Labute approximate surface area is 87.0 Å². The predicted molar refractivity (Wildman–Crippen MR) is 59.3 cm³/mol. The van der Waals surface area contributed by atoms with Crippen LogP contribution in [0.5, 0.6) is 0 Å². The minimum Gasteiger partial charge on any atom is -0.359 e. The van der Waals surface area contributed by atoms with Crippen molar-refractivity contribution in [2.75, 3.05) is 40.3 Å². The van der Waals surface area contributed by atoms with Crippen molar-refractivity contribution in [3.63, 3.8) is 0 Å². The second-order valence-electron chi connectivity index (χ2n) is 3.63. The molecule has 0 aliphatic rings. The van der Waals surface area contributed by atoms with Crippen LogP contribution >= 0.6 is 0 Å². The molecule has 0 aliphatic carbocycles. The van der Waals surface area contributed by atoms with Gasteiger partial charge in [0.05, 0.1) is 0 Å². The summed E-state index contributed by atoms with van der Waals surface area (Å²) in [5.41, 5.74) is 0. The molecule has 1 amide bonds. The number of carbonyl (C=O) groups is 1. The summed E-state index contributed by atoms with van der Waals surface area (Å²) in [5, 5.41) is 5.91. The van der Waals surface area contributed by atoms with Gasteiger partial charge >= 0.3 is 0 Å². The smallest absolute Gasteiger partial charge is 0.223 e. The Bertz CT molecular complexity index is 161. The molecule has 14 heavy (non-hydrogen) atoms. The molecule has 0 aromatic carbocycles. The lowest BCUT2D eigenvalue weighted by molar-refractivity contribution is -0.124. The van der Waals surface area contributed by atoms with Gasteiger partial charge in [-0.2, -0.15) is 0 Å². The zero-order valence-corrected chi connectivity index (χ0v) is 9.76. The van der Waals surface area contributed by atoms with E-state index in [0.29, 0.717) is 0 Å². The molecule has 0 rings (SSSR count). The molecule has 4 heteroatoms. The van der Waals surface area contributed by atoms with Crippen molar-refractivity contribution in [3.05, 3.63) is 0 Å². The standard InChI is InChI=1S/C10H23N3O/c1-5-12-6-7-13(4)8-9(2)10(14)11-3/h9,12H,5-8H2,1-4H3,(H,11,14). The van der Waals surface area contributed by atoms with Gasteiger partial charge in [0, 0.05) is 32.6 Å². The predicted octanol–water partition coefficient (Wildman–Crippen LogP) is -0.0902. The van der Waals surface area contributed by atoms with Crippen LogP contribution in [0.25, 0.3) is 0 Å². The van der Waals surface area contributed by atoms with Gasteiger partial charge in [-0.15, -0.1) is 0 Å². The maximum atomic E-state index is 11.2. The second kappa shape index (κ2) is 7.76. The second-order valence-corrected chi connectivity index (χ2v) is 3.63. The molecule has 1 unspecified atom stereocenters. The van der Waals surface area contributed by atoms with E-state index in [1.165, 1.54) is 0 Å². The first-order valence-electron chi connectivity index (χ1n) is 5.22. The van der Waals surface area contributed by atoms with Crippen LogP contribution in [-0.4, -0.2) is 51.1 Å². The largest absolute Gasteiger partial charge is 0.359 e. The molecule has 0 bridgehead atoms. The summed E-state index contributed by atoms with van der Waals surface area (Å²) in [4.78, 5) is 13.4. The topological polar surface area (TPSA) is 44.4 Å². The van der Waals surface area contributed by atoms with E-state index >= 15 is 0 Å². The summed E-state index contributed by atoms with van der Waals surface area (Å²) in [6.07, 6.45) is 0. The summed E-state index contributed by atoms with van der Waals surface area (Å²) >= 11 is 0. The molecule has 0 saturated heterocycles. The number of likely N-dealkylation sites (N-methyl/N-ethyl adjacent to an activating group) is 2. The Balaban J connectivity index is 3.59. The third-order valence-electron chi connectivity index (χ3n) is 2.20. The molecule has 84 valence electrons. The van der Waals surface area contributed by atoms with Crippen molar-refractivity contribution >= 4 is 5.91 Å². The Morgan fingerprint density at radius 2 is 2.14 bits per heavy atom. The van der Waals surface area contributed by atoms with Crippen LogP contribution in [0.1, 0.15) is 13.8 Å². The van der Waals surface area contributed by atoms with Gasteiger partial charge in [-0.25, -0.2) is 0 Å². The molecule has 0 spiro atoms. The summed E-state index contributed by atoms with van der Waals surface area (Å²) in [7, 11) is 3.72. The fourth-order valence-electron chi connectivity index (χ4n) is 1.33. The molecule has 0 aromatic rings. The highest BCUT2D eigenvalue weighted by atomic mass is 16.1. The van der Waals surface area contributed by atoms with Gasteiger partial charge in [-0.3, -0.25) is 4.79 Å². The average Bonchev–Trinajstić information content (AvgIpc) is 2.16. The highest BCUT2D eigenvalue weighted by molar-refractivity contribution is 5.78. The Hall–Kier alpha value is -0.610.